The van der Waals surface area contributed by atoms with E-state index in [1.807, 2.05) is 4.72 Å². The summed E-state index contributed by atoms with van der Waals surface area (Å²) in [5.74, 6) is -1.24. The minimum Gasteiger partial charge on any atom is -0.437 e. The fourth-order valence-electron chi connectivity index (χ4n) is 1.91. The molecule has 2 rings (SSSR count). The van der Waals surface area contributed by atoms with Crippen LogP contribution in [-0.4, -0.2) is 38.5 Å². The number of pyridine rings is 1. The van der Waals surface area contributed by atoms with E-state index in [4.69, 9.17) is 0 Å². The molecule has 0 fully saturated rings. The Morgan fingerprint density at radius 3 is 2.29 bits per heavy atom. The van der Waals surface area contributed by atoms with Gasteiger partial charge in [-0.2, -0.15) is 0 Å². The summed E-state index contributed by atoms with van der Waals surface area (Å²) in [5, 5.41) is 2.59. The van der Waals surface area contributed by atoms with Crippen molar-refractivity contribution in [3.63, 3.8) is 0 Å². The molecule has 28 heavy (non-hydrogen) atoms. The summed E-state index contributed by atoms with van der Waals surface area (Å²) in [7, 11) is -3.01. The lowest BCUT2D eigenvalue weighted by molar-refractivity contribution is -0.115. The molecule has 0 saturated heterocycles. The van der Waals surface area contributed by atoms with Crippen LogP contribution in [0.4, 0.5) is 10.5 Å². The van der Waals surface area contributed by atoms with Gasteiger partial charge in [0.2, 0.25) is 11.8 Å². The molecule has 0 aliphatic heterocycles. The summed E-state index contributed by atoms with van der Waals surface area (Å²) in [4.78, 5) is 38.0. The van der Waals surface area contributed by atoms with Gasteiger partial charge in [0.15, 0.2) is 0 Å². The summed E-state index contributed by atoms with van der Waals surface area (Å²) in [6, 6.07) is 7.78. The van der Waals surface area contributed by atoms with Gasteiger partial charge in [0.05, 0.1) is 17.6 Å². The van der Waals surface area contributed by atoms with Gasteiger partial charge in [-0.3, -0.25) is 9.59 Å². The highest BCUT2D eigenvalue weighted by Crippen LogP contribution is 2.15. The van der Waals surface area contributed by atoms with Gasteiger partial charge in [0.1, 0.15) is 0 Å². The van der Waals surface area contributed by atoms with Gasteiger partial charge >= 0.3 is 6.16 Å². The number of anilines is 1. The molecule has 0 aliphatic carbocycles. The zero-order chi connectivity index (χ0) is 20.7. The van der Waals surface area contributed by atoms with Crippen molar-refractivity contribution < 1.29 is 32.3 Å². The van der Waals surface area contributed by atoms with Gasteiger partial charge in [-0.05, 0) is 30.3 Å². The summed E-state index contributed by atoms with van der Waals surface area (Å²) in [6.07, 6.45) is 0.353. The molecular formula is C17H17N3O7S. The molecule has 0 saturated carbocycles. The Labute approximate surface area is 160 Å². The number of hydrogen-bond donors (Lipinski definition) is 2. The molecule has 148 valence electrons. The number of carbonyl (C=O) groups is 3. The van der Waals surface area contributed by atoms with E-state index in [2.05, 4.69) is 19.8 Å². The summed E-state index contributed by atoms with van der Waals surface area (Å²) in [5.41, 5.74) is 0.371. The molecule has 1 aromatic carbocycles. The second-order valence-corrected chi connectivity index (χ2v) is 6.98. The largest absolute Gasteiger partial charge is 0.514 e. The lowest BCUT2D eigenvalue weighted by Crippen LogP contribution is -2.30. The quantitative estimate of drug-likeness (QED) is 0.689. The van der Waals surface area contributed by atoms with Crippen LogP contribution < -0.4 is 14.8 Å². The zero-order valence-electron chi connectivity index (χ0n) is 15.0. The molecule has 11 heteroatoms. The van der Waals surface area contributed by atoms with Crippen LogP contribution in [0.1, 0.15) is 23.7 Å². The molecule has 1 heterocycles. The Hall–Kier alpha value is -3.47. The Kier molecular flexibility index (Phi) is 6.66. The predicted octanol–water partition coefficient (Wildman–Crippen LogP) is 1.69. The number of amides is 2. The number of rotatable bonds is 6. The lowest BCUT2D eigenvalue weighted by atomic mass is 10.3. The zero-order valence-corrected chi connectivity index (χ0v) is 15.8. The molecular weight excluding hydrogens is 390 g/mol. The van der Waals surface area contributed by atoms with Crippen LogP contribution in [0.5, 0.6) is 5.88 Å². The number of carbonyl (C=O) groups excluding carboxylic acids is 3. The minimum atomic E-state index is -4.14. The standard InChI is InChI=1S/C17H17N3O7S/c1-3-14(21)19-12-5-7-13(8-6-12)28(24,25)20-16(22)11-4-9-15(18-10-11)27-17(23)26-2/h4-10H,3H2,1-2H3,(H,19,21)(H,20,22). The van der Waals surface area contributed by atoms with E-state index in [0.29, 0.717) is 5.69 Å². The number of methoxy groups -OCH3 is 1. The van der Waals surface area contributed by atoms with Gasteiger partial charge in [-0.25, -0.2) is 22.9 Å². The van der Waals surface area contributed by atoms with Gasteiger partial charge in [0.25, 0.3) is 15.9 Å². The number of nitrogens with zero attached hydrogens (tertiary/aromatic N) is 1. The first-order valence-electron chi connectivity index (χ1n) is 7.94. The fourth-order valence-corrected chi connectivity index (χ4v) is 2.88. The maximum atomic E-state index is 12.3. The van der Waals surface area contributed by atoms with Crippen molar-refractivity contribution in [3.8, 4) is 5.88 Å². The third-order valence-corrected chi connectivity index (χ3v) is 4.70. The van der Waals surface area contributed by atoms with E-state index in [9.17, 15) is 22.8 Å². The van der Waals surface area contributed by atoms with E-state index in [-0.39, 0.29) is 28.7 Å². The molecule has 0 unspecified atom stereocenters. The third kappa shape index (κ3) is 5.51. The maximum absolute atomic E-state index is 12.3. The number of hydrogen-bond acceptors (Lipinski definition) is 8. The highest BCUT2D eigenvalue weighted by Gasteiger charge is 2.19. The molecule has 0 radical (unpaired) electrons. The van der Waals surface area contributed by atoms with Crippen molar-refractivity contribution >= 4 is 33.7 Å². The van der Waals surface area contributed by atoms with Crippen molar-refractivity contribution in [3.05, 3.63) is 48.2 Å². The molecule has 2 N–H and O–H groups in total. The SMILES string of the molecule is CCC(=O)Nc1ccc(S(=O)(=O)NC(=O)c2ccc(OC(=O)OC)nc2)cc1. The number of benzene rings is 1. The van der Waals surface area contributed by atoms with Gasteiger partial charge in [-0.1, -0.05) is 6.92 Å². The van der Waals surface area contributed by atoms with E-state index in [0.717, 1.165) is 13.3 Å². The highest BCUT2D eigenvalue weighted by atomic mass is 32.2. The Balaban J connectivity index is 2.07. The maximum Gasteiger partial charge on any atom is 0.514 e. The van der Waals surface area contributed by atoms with E-state index >= 15 is 0 Å². The second-order valence-electron chi connectivity index (χ2n) is 5.30. The van der Waals surface area contributed by atoms with Crippen molar-refractivity contribution in [2.75, 3.05) is 12.4 Å². The van der Waals surface area contributed by atoms with Gasteiger partial charge < -0.3 is 14.8 Å². The van der Waals surface area contributed by atoms with Crippen LogP contribution in [0.2, 0.25) is 0 Å². The van der Waals surface area contributed by atoms with Gasteiger partial charge in [-0.15, -0.1) is 0 Å². The molecule has 2 aromatic rings. The number of aromatic nitrogens is 1. The molecule has 2 amide bonds. The Morgan fingerprint density at radius 2 is 1.75 bits per heavy atom. The molecule has 10 nitrogen and oxygen atoms in total. The lowest BCUT2D eigenvalue weighted by Gasteiger charge is -2.09. The highest BCUT2D eigenvalue weighted by molar-refractivity contribution is 7.90. The van der Waals surface area contributed by atoms with Crippen molar-refractivity contribution in [2.24, 2.45) is 0 Å². The average Bonchev–Trinajstić information content (AvgIpc) is 2.68. The van der Waals surface area contributed by atoms with Crippen LogP contribution in [0.15, 0.2) is 47.5 Å². The number of ether oxygens (including phenoxy) is 2. The fraction of sp³-hybridized carbons (Fsp3) is 0.176. The molecule has 0 bridgehead atoms. The normalized spacial score (nSPS) is 10.6. The van der Waals surface area contributed by atoms with Crippen LogP contribution >= 0.6 is 0 Å². The summed E-state index contributed by atoms with van der Waals surface area (Å²) >= 11 is 0. The van der Waals surface area contributed by atoms with E-state index in [1.54, 1.807) is 6.92 Å². The van der Waals surface area contributed by atoms with Crippen molar-refractivity contribution in [1.29, 1.82) is 0 Å². The first-order chi connectivity index (χ1) is 13.2. The molecule has 0 spiro atoms. The molecule has 0 aliphatic rings. The van der Waals surface area contributed by atoms with Crippen LogP contribution in [0, 0.1) is 0 Å². The minimum absolute atomic E-state index is 0.0624. The van der Waals surface area contributed by atoms with Crippen molar-refractivity contribution in [2.45, 2.75) is 18.2 Å². The van der Waals surface area contributed by atoms with E-state index in [1.165, 1.54) is 36.4 Å². The van der Waals surface area contributed by atoms with Crippen LogP contribution in [-0.2, 0) is 19.6 Å². The van der Waals surface area contributed by atoms with Crippen LogP contribution in [0.25, 0.3) is 0 Å². The smallest absolute Gasteiger partial charge is 0.437 e. The molecule has 1 aromatic heterocycles. The monoisotopic (exact) mass is 407 g/mol. The third-order valence-electron chi connectivity index (χ3n) is 3.35. The first-order valence-corrected chi connectivity index (χ1v) is 9.42. The van der Waals surface area contributed by atoms with E-state index < -0.39 is 22.1 Å². The van der Waals surface area contributed by atoms with Crippen LogP contribution in [0.3, 0.4) is 0 Å². The molecule has 0 atom stereocenters. The number of nitrogens with one attached hydrogen (secondary N) is 2. The van der Waals surface area contributed by atoms with Gasteiger partial charge in [0, 0.05) is 24.4 Å². The Bertz CT molecular complexity index is 971. The Morgan fingerprint density at radius 1 is 1.07 bits per heavy atom. The first kappa shape index (κ1) is 20.8. The average molecular weight is 407 g/mol. The topological polar surface area (TPSA) is 141 Å². The summed E-state index contributed by atoms with van der Waals surface area (Å²) < 4.78 is 35.5. The summed E-state index contributed by atoms with van der Waals surface area (Å²) in [6.45, 7) is 1.69. The van der Waals surface area contributed by atoms with Crippen molar-refractivity contribution in [1.82, 2.24) is 9.71 Å². The number of sulfonamides is 1. The second kappa shape index (κ2) is 8.95. The predicted molar refractivity (Wildman–Crippen MR) is 97.3 cm³/mol.